The van der Waals surface area contributed by atoms with Crippen molar-refractivity contribution in [2.45, 2.75) is 79.4 Å². The molecule has 0 aromatic heterocycles. The Bertz CT molecular complexity index is 552. The quantitative estimate of drug-likeness (QED) is 0.664. The second kappa shape index (κ2) is 9.40. The molecule has 6 nitrogen and oxygen atoms in total. The highest BCUT2D eigenvalue weighted by Gasteiger charge is 2.32. The second-order valence-corrected chi connectivity index (χ2v) is 11.2. The van der Waals surface area contributed by atoms with E-state index in [-0.39, 0.29) is 23.8 Å². The lowest BCUT2D eigenvalue weighted by atomic mass is 9.98. The van der Waals surface area contributed by atoms with Crippen molar-refractivity contribution in [3.8, 4) is 0 Å². The van der Waals surface area contributed by atoms with Crippen molar-refractivity contribution in [1.29, 1.82) is 0 Å². The lowest BCUT2D eigenvalue weighted by Crippen LogP contribution is -2.48. The molecule has 1 saturated heterocycles. The molecule has 0 bridgehead atoms. The van der Waals surface area contributed by atoms with Crippen LogP contribution in [0.4, 0.5) is 4.79 Å². The van der Waals surface area contributed by atoms with Crippen LogP contribution in [0.15, 0.2) is 0 Å². The maximum absolute atomic E-state index is 12.6. The predicted molar refractivity (Wildman–Crippen MR) is 106 cm³/mol. The van der Waals surface area contributed by atoms with Gasteiger partial charge in [0.1, 0.15) is 5.60 Å². The van der Waals surface area contributed by atoms with Gasteiger partial charge in [-0.15, -0.1) is 0 Å². The van der Waals surface area contributed by atoms with Gasteiger partial charge in [-0.1, -0.05) is 13.8 Å². The number of piperidine rings is 1. The third-order valence-corrected chi connectivity index (χ3v) is 6.40. The third-order valence-electron chi connectivity index (χ3n) is 4.53. The number of ether oxygens (including phenoxy) is 1. The van der Waals surface area contributed by atoms with E-state index in [4.69, 9.17) is 4.74 Å². The fraction of sp³-hybridized carbons (Fsp3) is 0.947. The van der Waals surface area contributed by atoms with Crippen LogP contribution in [-0.4, -0.2) is 60.7 Å². The minimum Gasteiger partial charge on any atom is -0.444 e. The zero-order valence-corrected chi connectivity index (χ0v) is 18.4. The summed E-state index contributed by atoms with van der Waals surface area (Å²) in [6.07, 6.45) is 2.13. The first-order valence-electron chi connectivity index (χ1n) is 9.79. The minimum atomic E-state index is -3.22. The van der Waals surface area contributed by atoms with Crippen LogP contribution in [0.3, 0.4) is 0 Å². The monoisotopic (exact) mass is 390 g/mol. The Balaban J connectivity index is 2.74. The van der Waals surface area contributed by atoms with Crippen molar-refractivity contribution in [3.05, 3.63) is 0 Å². The van der Waals surface area contributed by atoms with Crippen molar-refractivity contribution < 1.29 is 17.9 Å². The summed E-state index contributed by atoms with van der Waals surface area (Å²) in [5, 5.41) is 0. The van der Waals surface area contributed by atoms with Gasteiger partial charge in [0.05, 0.1) is 5.75 Å². The maximum Gasteiger partial charge on any atom is 0.410 e. The number of sulfonamides is 1. The topological polar surface area (TPSA) is 66.9 Å². The van der Waals surface area contributed by atoms with E-state index in [9.17, 15) is 13.2 Å². The molecule has 1 aliphatic rings. The average Bonchev–Trinajstić information content (AvgIpc) is 2.49. The Morgan fingerprint density at radius 2 is 1.85 bits per heavy atom. The van der Waals surface area contributed by atoms with Gasteiger partial charge in [0, 0.05) is 25.7 Å². The summed E-state index contributed by atoms with van der Waals surface area (Å²) < 4.78 is 32.3. The number of rotatable bonds is 7. The van der Waals surface area contributed by atoms with Crippen LogP contribution in [0.1, 0.15) is 67.7 Å². The zero-order valence-electron chi connectivity index (χ0n) is 17.6. The summed E-state index contributed by atoms with van der Waals surface area (Å²) in [5.74, 6) is 0.721. The molecule has 26 heavy (non-hydrogen) atoms. The summed E-state index contributed by atoms with van der Waals surface area (Å²) in [6.45, 7) is 15.2. The summed E-state index contributed by atoms with van der Waals surface area (Å²) in [6, 6.07) is 0.0118. The first-order valence-corrected chi connectivity index (χ1v) is 11.4. The Kier molecular flexibility index (Phi) is 8.39. The summed E-state index contributed by atoms with van der Waals surface area (Å²) in [4.78, 5) is 14.2. The number of amides is 1. The molecule has 1 fully saturated rings. The van der Waals surface area contributed by atoms with Crippen molar-refractivity contribution in [1.82, 2.24) is 9.21 Å². The molecular formula is C19H38N2O4S. The molecule has 1 heterocycles. The van der Waals surface area contributed by atoms with E-state index in [0.717, 1.165) is 12.8 Å². The zero-order chi connectivity index (χ0) is 20.1. The van der Waals surface area contributed by atoms with Gasteiger partial charge >= 0.3 is 6.09 Å². The van der Waals surface area contributed by atoms with Gasteiger partial charge < -0.3 is 9.64 Å². The van der Waals surface area contributed by atoms with Crippen molar-refractivity contribution in [3.63, 3.8) is 0 Å². The molecule has 0 aliphatic carbocycles. The lowest BCUT2D eigenvalue weighted by Gasteiger charge is -2.37. The molecule has 0 saturated carbocycles. The molecule has 154 valence electrons. The largest absolute Gasteiger partial charge is 0.444 e. The van der Waals surface area contributed by atoms with Crippen LogP contribution in [0.5, 0.6) is 0 Å². The van der Waals surface area contributed by atoms with E-state index in [1.165, 1.54) is 0 Å². The normalized spacial score (nSPS) is 19.8. The predicted octanol–water partition coefficient (Wildman–Crippen LogP) is 3.72. The Hall–Kier alpha value is -0.820. The molecule has 1 unspecified atom stereocenters. The van der Waals surface area contributed by atoms with E-state index in [1.807, 2.05) is 48.5 Å². The smallest absolute Gasteiger partial charge is 0.410 e. The molecule has 7 heteroatoms. The summed E-state index contributed by atoms with van der Waals surface area (Å²) in [5.41, 5.74) is -0.539. The number of hydrogen-bond acceptors (Lipinski definition) is 4. The van der Waals surface area contributed by atoms with Crippen LogP contribution in [-0.2, 0) is 14.8 Å². The Morgan fingerprint density at radius 3 is 2.35 bits per heavy atom. The summed E-state index contributed by atoms with van der Waals surface area (Å²) >= 11 is 0. The fourth-order valence-corrected chi connectivity index (χ4v) is 4.91. The molecule has 1 aliphatic heterocycles. The maximum atomic E-state index is 12.6. The molecule has 0 spiro atoms. The fourth-order valence-electron chi connectivity index (χ4n) is 3.04. The number of carbonyl (C=O) groups excluding carboxylic acids is 1. The van der Waals surface area contributed by atoms with Crippen molar-refractivity contribution in [2.75, 3.05) is 25.4 Å². The SMILES string of the molecule is CC(C)CCS(=O)(=O)N1CCCC(CN(C(=O)OC(C)(C)C)C(C)C)C1. The average molecular weight is 391 g/mol. The van der Waals surface area contributed by atoms with E-state index in [2.05, 4.69) is 0 Å². The van der Waals surface area contributed by atoms with Crippen molar-refractivity contribution in [2.24, 2.45) is 11.8 Å². The lowest BCUT2D eigenvalue weighted by molar-refractivity contribution is 0.0138. The summed E-state index contributed by atoms with van der Waals surface area (Å²) in [7, 11) is -3.22. The third kappa shape index (κ3) is 7.82. The van der Waals surface area contributed by atoms with Crippen LogP contribution in [0.2, 0.25) is 0 Å². The minimum absolute atomic E-state index is 0.0118. The van der Waals surface area contributed by atoms with Gasteiger partial charge in [0.2, 0.25) is 10.0 Å². The van der Waals surface area contributed by atoms with Gasteiger partial charge in [-0.3, -0.25) is 0 Å². The highest BCUT2D eigenvalue weighted by atomic mass is 32.2. The second-order valence-electron chi connectivity index (χ2n) is 9.09. The van der Waals surface area contributed by atoms with Crippen LogP contribution in [0, 0.1) is 11.8 Å². The molecule has 1 amide bonds. The van der Waals surface area contributed by atoms with E-state index < -0.39 is 15.6 Å². The molecule has 0 aromatic carbocycles. The van der Waals surface area contributed by atoms with Crippen molar-refractivity contribution >= 4 is 16.1 Å². The van der Waals surface area contributed by atoms with Crippen LogP contribution < -0.4 is 0 Å². The van der Waals surface area contributed by atoms with Gasteiger partial charge in [-0.25, -0.2) is 17.5 Å². The molecule has 0 radical (unpaired) electrons. The first kappa shape index (κ1) is 23.2. The van der Waals surface area contributed by atoms with E-state index in [1.54, 1.807) is 9.21 Å². The molecule has 1 rings (SSSR count). The number of carbonyl (C=O) groups is 1. The van der Waals surface area contributed by atoms with Crippen LogP contribution >= 0.6 is 0 Å². The van der Waals surface area contributed by atoms with E-state index >= 15 is 0 Å². The first-order chi connectivity index (χ1) is 11.8. The highest BCUT2D eigenvalue weighted by molar-refractivity contribution is 7.89. The molecule has 0 N–H and O–H groups in total. The highest BCUT2D eigenvalue weighted by Crippen LogP contribution is 2.23. The number of hydrogen-bond donors (Lipinski definition) is 0. The number of nitrogens with zero attached hydrogens (tertiary/aromatic N) is 2. The van der Waals surface area contributed by atoms with Gasteiger partial charge in [-0.05, 0) is 65.7 Å². The standard InChI is InChI=1S/C19H38N2O4S/c1-15(2)10-12-26(23,24)20-11-8-9-17(13-20)14-21(16(3)4)18(22)25-19(5,6)7/h15-17H,8-14H2,1-7H3. The van der Waals surface area contributed by atoms with Gasteiger partial charge in [0.25, 0.3) is 0 Å². The van der Waals surface area contributed by atoms with Gasteiger partial charge in [0.15, 0.2) is 0 Å². The Morgan fingerprint density at radius 1 is 1.23 bits per heavy atom. The molecule has 0 aromatic rings. The molecular weight excluding hydrogens is 352 g/mol. The van der Waals surface area contributed by atoms with Crippen LogP contribution in [0.25, 0.3) is 0 Å². The Labute approximate surface area is 160 Å². The van der Waals surface area contributed by atoms with Gasteiger partial charge in [-0.2, -0.15) is 0 Å². The molecule has 1 atom stereocenters. The van der Waals surface area contributed by atoms with E-state index in [0.29, 0.717) is 32.0 Å².